The third-order valence-corrected chi connectivity index (χ3v) is 2.86. The molecule has 1 aromatic heterocycles. The Morgan fingerprint density at radius 2 is 2.05 bits per heavy atom. The van der Waals surface area contributed by atoms with Crippen LogP contribution in [0.5, 0.6) is 0 Å². The number of hydrogen-bond acceptors (Lipinski definition) is 4. The lowest BCUT2D eigenvalue weighted by Gasteiger charge is -2.15. The van der Waals surface area contributed by atoms with E-state index in [-0.39, 0.29) is 5.82 Å². The van der Waals surface area contributed by atoms with Crippen LogP contribution in [-0.2, 0) is 13.0 Å². The molecule has 0 saturated carbocycles. The molecule has 0 aliphatic carbocycles. The van der Waals surface area contributed by atoms with Crippen molar-refractivity contribution in [3.05, 3.63) is 53.7 Å². The number of anilines is 1. The fourth-order valence-corrected chi connectivity index (χ4v) is 1.82. The van der Waals surface area contributed by atoms with Gasteiger partial charge in [0.1, 0.15) is 17.5 Å². The summed E-state index contributed by atoms with van der Waals surface area (Å²) < 4.78 is 13.5. The maximum absolute atomic E-state index is 13.5. The summed E-state index contributed by atoms with van der Waals surface area (Å²) >= 11 is 0. The predicted octanol–water partition coefficient (Wildman–Crippen LogP) is 1.87. The minimum absolute atomic E-state index is 0.156. The third-order valence-electron chi connectivity index (χ3n) is 2.86. The quantitative estimate of drug-likeness (QED) is 0.891. The van der Waals surface area contributed by atoms with E-state index in [4.69, 9.17) is 5.73 Å². The zero-order valence-electron chi connectivity index (χ0n) is 10.9. The monoisotopic (exact) mass is 260 g/mol. The van der Waals surface area contributed by atoms with Crippen LogP contribution in [0.3, 0.4) is 0 Å². The van der Waals surface area contributed by atoms with Gasteiger partial charge in [-0.05, 0) is 31.2 Å². The van der Waals surface area contributed by atoms with Gasteiger partial charge in [-0.2, -0.15) is 0 Å². The summed E-state index contributed by atoms with van der Waals surface area (Å²) in [6.07, 6.45) is 2.30. The Hall–Kier alpha value is -2.01. The minimum atomic E-state index is -0.156. The van der Waals surface area contributed by atoms with Gasteiger partial charge in [0, 0.05) is 12.7 Å². The van der Waals surface area contributed by atoms with Crippen LogP contribution >= 0.6 is 0 Å². The van der Waals surface area contributed by atoms with Crippen LogP contribution in [0.2, 0.25) is 0 Å². The number of halogens is 1. The summed E-state index contributed by atoms with van der Waals surface area (Å²) in [7, 11) is 1.95. The highest BCUT2D eigenvalue weighted by molar-refractivity contribution is 5.25. The van der Waals surface area contributed by atoms with Crippen molar-refractivity contribution in [2.45, 2.75) is 13.0 Å². The van der Waals surface area contributed by atoms with Gasteiger partial charge in [0.15, 0.2) is 0 Å². The molecule has 0 aliphatic heterocycles. The first-order chi connectivity index (χ1) is 9.15. The van der Waals surface area contributed by atoms with Crippen molar-refractivity contribution in [2.24, 2.45) is 0 Å². The second kappa shape index (κ2) is 6.24. The van der Waals surface area contributed by atoms with Gasteiger partial charge < -0.3 is 5.73 Å². The molecule has 0 radical (unpaired) electrons. The van der Waals surface area contributed by atoms with E-state index in [1.807, 2.05) is 18.0 Å². The Bertz CT molecular complexity index is 544. The lowest BCUT2D eigenvalue weighted by atomic mass is 10.1. The minimum Gasteiger partial charge on any atom is -0.384 e. The van der Waals surface area contributed by atoms with E-state index in [2.05, 4.69) is 9.97 Å². The van der Waals surface area contributed by atoms with Crippen LogP contribution in [0.15, 0.2) is 36.5 Å². The summed E-state index contributed by atoms with van der Waals surface area (Å²) in [4.78, 5) is 10.3. The normalized spacial score (nSPS) is 10.9. The molecule has 0 bridgehead atoms. The molecule has 2 N–H and O–H groups in total. The number of benzene rings is 1. The SMILES string of the molecule is CN(CCc1ccccc1F)Cc1nccc(N)n1. The second-order valence-corrected chi connectivity index (χ2v) is 4.48. The number of nitrogens with two attached hydrogens (primary N) is 1. The summed E-state index contributed by atoms with van der Waals surface area (Å²) in [5, 5.41) is 0. The number of aromatic nitrogens is 2. The average molecular weight is 260 g/mol. The number of nitrogen functional groups attached to an aromatic ring is 1. The molecule has 0 atom stereocenters. The van der Waals surface area contributed by atoms with E-state index in [1.54, 1.807) is 24.4 Å². The highest BCUT2D eigenvalue weighted by atomic mass is 19.1. The molecule has 0 unspecified atom stereocenters. The number of likely N-dealkylation sites (N-methyl/N-ethyl adjacent to an activating group) is 1. The molecular formula is C14H17FN4. The molecule has 0 fully saturated rings. The molecule has 0 aliphatic rings. The number of nitrogens with zero attached hydrogens (tertiary/aromatic N) is 3. The molecule has 1 aromatic carbocycles. The smallest absolute Gasteiger partial charge is 0.144 e. The zero-order valence-corrected chi connectivity index (χ0v) is 10.9. The first-order valence-corrected chi connectivity index (χ1v) is 6.14. The summed E-state index contributed by atoms with van der Waals surface area (Å²) in [5.74, 6) is 0.986. The van der Waals surface area contributed by atoms with E-state index >= 15 is 0 Å². The van der Waals surface area contributed by atoms with Crippen LogP contribution in [0.25, 0.3) is 0 Å². The first kappa shape index (κ1) is 13.4. The van der Waals surface area contributed by atoms with Crippen molar-refractivity contribution in [2.75, 3.05) is 19.3 Å². The zero-order chi connectivity index (χ0) is 13.7. The van der Waals surface area contributed by atoms with E-state index in [9.17, 15) is 4.39 Å². The molecule has 0 spiro atoms. The maximum atomic E-state index is 13.5. The highest BCUT2D eigenvalue weighted by Gasteiger charge is 2.06. The Morgan fingerprint density at radius 3 is 2.79 bits per heavy atom. The Labute approximate surface area is 112 Å². The fourth-order valence-electron chi connectivity index (χ4n) is 1.82. The third kappa shape index (κ3) is 3.99. The van der Waals surface area contributed by atoms with Gasteiger partial charge in [-0.1, -0.05) is 18.2 Å². The van der Waals surface area contributed by atoms with Crippen LogP contribution in [0, 0.1) is 5.82 Å². The van der Waals surface area contributed by atoms with Crippen molar-refractivity contribution >= 4 is 5.82 Å². The summed E-state index contributed by atoms with van der Waals surface area (Å²) in [5.41, 5.74) is 6.32. The molecule has 2 aromatic rings. The number of hydrogen-bond donors (Lipinski definition) is 1. The highest BCUT2D eigenvalue weighted by Crippen LogP contribution is 2.08. The van der Waals surface area contributed by atoms with Crippen LogP contribution in [-0.4, -0.2) is 28.5 Å². The van der Waals surface area contributed by atoms with Gasteiger partial charge in [-0.15, -0.1) is 0 Å². The molecule has 19 heavy (non-hydrogen) atoms. The van der Waals surface area contributed by atoms with Crippen molar-refractivity contribution in [3.63, 3.8) is 0 Å². The van der Waals surface area contributed by atoms with Crippen molar-refractivity contribution in [1.82, 2.24) is 14.9 Å². The molecule has 1 heterocycles. The molecular weight excluding hydrogens is 243 g/mol. The molecule has 0 amide bonds. The van der Waals surface area contributed by atoms with Gasteiger partial charge >= 0.3 is 0 Å². The maximum Gasteiger partial charge on any atom is 0.144 e. The van der Waals surface area contributed by atoms with Crippen molar-refractivity contribution in [3.8, 4) is 0 Å². The lowest BCUT2D eigenvalue weighted by Crippen LogP contribution is -2.22. The van der Waals surface area contributed by atoms with Gasteiger partial charge in [-0.25, -0.2) is 14.4 Å². The molecule has 5 heteroatoms. The Kier molecular flexibility index (Phi) is 4.41. The van der Waals surface area contributed by atoms with E-state index in [0.717, 1.165) is 12.1 Å². The summed E-state index contributed by atoms with van der Waals surface area (Å²) in [6.45, 7) is 1.33. The van der Waals surface area contributed by atoms with Crippen molar-refractivity contribution in [1.29, 1.82) is 0 Å². The van der Waals surface area contributed by atoms with Gasteiger partial charge in [0.25, 0.3) is 0 Å². The standard InChI is InChI=1S/C14H17FN4/c1-19(10-14-17-8-6-13(16)18-14)9-7-11-4-2-3-5-12(11)15/h2-6,8H,7,9-10H2,1H3,(H2,16,17,18). The molecule has 0 saturated heterocycles. The molecule has 4 nitrogen and oxygen atoms in total. The van der Waals surface area contributed by atoms with Gasteiger partial charge in [0.2, 0.25) is 0 Å². The van der Waals surface area contributed by atoms with E-state index in [1.165, 1.54) is 6.07 Å². The van der Waals surface area contributed by atoms with Gasteiger partial charge in [-0.3, -0.25) is 4.90 Å². The molecule has 2 rings (SSSR count). The summed E-state index contributed by atoms with van der Waals surface area (Å²) in [6, 6.07) is 8.49. The predicted molar refractivity (Wildman–Crippen MR) is 72.9 cm³/mol. The van der Waals surface area contributed by atoms with Crippen molar-refractivity contribution < 1.29 is 4.39 Å². The van der Waals surface area contributed by atoms with Gasteiger partial charge in [0.05, 0.1) is 6.54 Å². The van der Waals surface area contributed by atoms with E-state index in [0.29, 0.717) is 24.6 Å². The van der Waals surface area contributed by atoms with Crippen LogP contribution in [0.4, 0.5) is 10.2 Å². The molecule has 100 valence electrons. The van der Waals surface area contributed by atoms with Crippen LogP contribution < -0.4 is 5.73 Å². The second-order valence-electron chi connectivity index (χ2n) is 4.48. The topological polar surface area (TPSA) is 55.0 Å². The lowest BCUT2D eigenvalue weighted by molar-refractivity contribution is 0.321. The Balaban J connectivity index is 1.88. The van der Waals surface area contributed by atoms with Crippen LogP contribution in [0.1, 0.15) is 11.4 Å². The van der Waals surface area contributed by atoms with E-state index < -0.39 is 0 Å². The Morgan fingerprint density at radius 1 is 1.26 bits per heavy atom. The first-order valence-electron chi connectivity index (χ1n) is 6.14. The largest absolute Gasteiger partial charge is 0.384 e. The number of rotatable bonds is 5. The fraction of sp³-hybridized carbons (Fsp3) is 0.286. The average Bonchev–Trinajstić information content (AvgIpc) is 2.38.